The lowest BCUT2D eigenvalue weighted by atomic mass is 10.3. The number of rotatable bonds is 3. The number of hydrogen-bond donors (Lipinski definition) is 0. The van der Waals surface area contributed by atoms with Crippen LogP contribution in [0, 0.1) is 23.0 Å². The summed E-state index contributed by atoms with van der Waals surface area (Å²) in [6.07, 6.45) is -0.195. The van der Waals surface area contributed by atoms with E-state index < -0.39 is 11.6 Å². The molecule has 0 N–H and O–H groups in total. The van der Waals surface area contributed by atoms with Crippen LogP contribution < -0.4 is 4.74 Å². The molecule has 0 aliphatic heterocycles. The second-order valence-corrected chi connectivity index (χ2v) is 2.90. The van der Waals surface area contributed by atoms with E-state index in [2.05, 4.69) is 0 Å². The highest BCUT2D eigenvalue weighted by Gasteiger charge is 2.06. The number of halogens is 2. The predicted octanol–water partition coefficient (Wildman–Crippen LogP) is 2.65. The zero-order chi connectivity index (χ0) is 10.6. The molecule has 0 amide bonds. The van der Waals surface area contributed by atoms with E-state index in [1.807, 2.05) is 6.07 Å². The molecule has 0 spiro atoms. The van der Waals surface area contributed by atoms with Gasteiger partial charge in [-0.25, -0.2) is 8.78 Å². The maximum absolute atomic E-state index is 12.7. The number of benzene rings is 1. The molecule has 1 unspecified atom stereocenters. The smallest absolute Gasteiger partial charge is 0.129 e. The Bertz CT molecular complexity index is 339. The first-order valence-corrected chi connectivity index (χ1v) is 4.11. The minimum atomic E-state index is -0.691. The first-order valence-electron chi connectivity index (χ1n) is 4.11. The second kappa shape index (κ2) is 4.56. The second-order valence-electron chi connectivity index (χ2n) is 2.90. The third kappa shape index (κ3) is 3.02. The lowest BCUT2D eigenvalue weighted by Crippen LogP contribution is -2.10. The van der Waals surface area contributed by atoms with E-state index in [9.17, 15) is 8.78 Å². The molecule has 0 fully saturated rings. The van der Waals surface area contributed by atoms with Crippen molar-refractivity contribution in [2.24, 2.45) is 0 Å². The van der Waals surface area contributed by atoms with E-state index in [0.29, 0.717) is 0 Å². The summed E-state index contributed by atoms with van der Waals surface area (Å²) in [6.45, 7) is 1.66. The van der Waals surface area contributed by atoms with Crippen LogP contribution in [0.25, 0.3) is 0 Å². The van der Waals surface area contributed by atoms with Crippen molar-refractivity contribution >= 4 is 0 Å². The molecule has 1 aromatic rings. The van der Waals surface area contributed by atoms with Crippen LogP contribution in [0.2, 0.25) is 0 Å². The lowest BCUT2D eigenvalue weighted by Gasteiger charge is -2.11. The summed E-state index contributed by atoms with van der Waals surface area (Å²) in [5.74, 6) is -1.28. The Morgan fingerprint density at radius 1 is 1.36 bits per heavy atom. The molecule has 1 rings (SSSR count). The summed E-state index contributed by atoms with van der Waals surface area (Å²) in [5, 5.41) is 8.35. The van der Waals surface area contributed by atoms with Crippen molar-refractivity contribution in [3.63, 3.8) is 0 Å². The molecule has 14 heavy (non-hydrogen) atoms. The zero-order valence-corrected chi connectivity index (χ0v) is 7.63. The molecule has 0 aliphatic rings. The van der Waals surface area contributed by atoms with Crippen LogP contribution in [0.4, 0.5) is 8.78 Å². The van der Waals surface area contributed by atoms with Crippen LogP contribution in [0.3, 0.4) is 0 Å². The fraction of sp³-hybridized carbons (Fsp3) is 0.300. The fourth-order valence-electron chi connectivity index (χ4n) is 0.999. The average molecular weight is 197 g/mol. The van der Waals surface area contributed by atoms with Crippen molar-refractivity contribution < 1.29 is 13.5 Å². The van der Waals surface area contributed by atoms with Gasteiger partial charge in [-0.3, -0.25) is 0 Å². The Labute approximate surface area is 80.7 Å². The highest BCUT2D eigenvalue weighted by Crippen LogP contribution is 2.17. The van der Waals surface area contributed by atoms with Gasteiger partial charge in [-0.15, -0.1) is 0 Å². The minimum absolute atomic E-state index is 0.102. The van der Waals surface area contributed by atoms with Gasteiger partial charge in [0.1, 0.15) is 23.5 Å². The monoisotopic (exact) mass is 197 g/mol. The largest absolute Gasteiger partial charge is 0.489 e. The molecule has 0 aromatic heterocycles. The molecule has 0 saturated heterocycles. The molecular weight excluding hydrogens is 188 g/mol. The van der Waals surface area contributed by atoms with Crippen LogP contribution in [0.15, 0.2) is 18.2 Å². The highest BCUT2D eigenvalue weighted by atomic mass is 19.1. The lowest BCUT2D eigenvalue weighted by molar-refractivity contribution is 0.225. The van der Waals surface area contributed by atoms with Gasteiger partial charge < -0.3 is 4.74 Å². The van der Waals surface area contributed by atoms with Crippen LogP contribution in [-0.2, 0) is 0 Å². The van der Waals surface area contributed by atoms with Crippen molar-refractivity contribution in [1.82, 2.24) is 0 Å². The number of nitriles is 1. The van der Waals surface area contributed by atoms with E-state index in [0.717, 1.165) is 18.2 Å². The molecule has 1 atom stereocenters. The molecule has 74 valence electrons. The summed E-state index contributed by atoms with van der Waals surface area (Å²) in [6, 6.07) is 4.83. The summed E-state index contributed by atoms with van der Waals surface area (Å²) >= 11 is 0. The average Bonchev–Trinajstić information content (AvgIpc) is 2.01. The van der Waals surface area contributed by atoms with E-state index in [-0.39, 0.29) is 18.3 Å². The van der Waals surface area contributed by atoms with Crippen LogP contribution >= 0.6 is 0 Å². The number of nitrogens with zero attached hydrogens (tertiary/aromatic N) is 1. The maximum Gasteiger partial charge on any atom is 0.129 e. The summed E-state index contributed by atoms with van der Waals surface area (Å²) in [5.41, 5.74) is 0. The van der Waals surface area contributed by atoms with Crippen molar-refractivity contribution in [3.05, 3.63) is 29.8 Å². The van der Waals surface area contributed by atoms with Crippen molar-refractivity contribution in [2.45, 2.75) is 19.4 Å². The molecule has 0 saturated carbocycles. The summed E-state index contributed by atoms with van der Waals surface area (Å²) < 4.78 is 30.5. The van der Waals surface area contributed by atoms with E-state index in [4.69, 9.17) is 10.00 Å². The molecular formula is C10H9F2NO. The SMILES string of the molecule is CC(CC#N)Oc1cc(F)cc(F)c1. The van der Waals surface area contributed by atoms with E-state index in [1.54, 1.807) is 6.92 Å². The van der Waals surface area contributed by atoms with Gasteiger partial charge in [0.2, 0.25) is 0 Å². The van der Waals surface area contributed by atoms with Gasteiger partial charge in [0.25, 0.3) is 0 Å². The van der Waals surface area contributed by atoms with Gasteiger partial charge in [0.15, 0.2) is 0 Å². The molecule has 0 bridgehead atoms. The minimum Gasteiger partial charge on any atom is -0.489 e. The topological polar surface area (TPSA) is 33.0 Å². The Kier molecular flexibility index (Phi) is 3.41. The van der Waals surface area contributed by atoms with Crippen LogP contribution in [-0.4, -0.2) is 6.10 Å². The first kappa shape index (κ1) is 10.5. The maximum atomic E-state index is 12.7. The zero-order valence-electron chi connectivity index (χ0n) is 7.63. The summed E-state index contributed by atoms with van der Waals surface area (Å²) in [4.78, 5) is 0. The quantitative estimate of drug-likeness (QED) is 0.746. The van der Waals surface area contributed by atoms with Gasteiger partial charge in [0.05, 0.1) is 12.5 Å². The fourth-order valence-corrected chi connectivity index (χ4v) is 0.999. The van der Waals surface area contributed by atoms with Gasteiger partial charge in [-0.1, -0.05) is 0 Å². The molecule has 1 aromatic carbocycles. The third-order valence-corrected chi connectivity index (χ3v) is 1.55. The van der Waals surface area contributed by atoms with Gasteiger partial charge in [-0.05, 0) is 6.92 Å². The van der Waals surface area contributed by atoms with Crippen molar-refractivity contribution in [1.29, 1.82) is 5.26 Å². The molecule has 2 nitrogen and oxygen atoms in total. The van der Waals surface area contributed by atoms with Crippen molar-refractivity contribution in [3.8, 4) is 11.8 Å². The van der Waals surface area contributed by atoms with Crippen LogP contribution in [0.5, 0.6) is 5.75 Å². The number of hydrogen-bond acceptors (Lipinski definition) is 2. The van der Waals surface area contributed by atoms with Gasteiger partial charge >= 0.3 is 0 Å². The first-order chi connectivity index (χ1) is 6.61. The molecule has 0 heterocycles. The molecule has 4 heteroatoms. The highest BCUT2D eigenvalue weighted by molar-refractivity contribution is 5.24. The van der Waals surface area contributed by atoms with Gasteiger partial charge in [0, 0.05) is 18.2 Å². The van der Waals surface area contributed by atoms with Gasteiger partial charge in [-0.2, -0.15) is 5.26 Å². The molecule has 0 aliphatic carbocycles. The van der Waals surface area contributed by atoms with Crippen molar-refractivity contribution in [2.75, 3.05) is 0 Å². The van der Waals surface area contributed by atoms with Crippen LogP contribution in [0.1, 0.15) is 13.3 Å². The summed E-state index contributed by atoms with van der Waals surface area (Å²) in [7, 11) is 0. The van der Waals surface area contributed by atoms with E-state index >= 15 is 0 Å². The Hall–Kier alpha value is -1.63. The standard InChI is InChI=1S/C10H9F2NO/c1-7(2-3-13)14-10-5-8(11)4-9(12)6-10/h4-7H,2H2,1H3. The Balaban J connectivity index is 2.72. The Morgan fingerprint density at radius 2 is 1.93 bits per heavy atom. The Morgan fingerprint density at radius 3 is 2.43 bits per heavy atom. The number of ether oxygens (including phenoxy) is 1. The third-order valence-electron chi connectivity index (χ3n) is 1.55. The predicted molar refractivity (Wildman–Crippen MR) is 46.7 cm³/mol. The normalized spacial score (nSPS) is 11.9. The van der Waals surface area contributed by atoms with E-state index in [1.165, 1.54) is 0 Å². The molecule has 0 radical (unpaired) electrons.